The van der Waals surface area contributed by atoms with E-state index in [-0.39, 0.29) is 6.10 Å². The van der Waals surface area contributed by atoms with Gasteiger partial charge in [-0.15, -0.1) is 0 Å². The van der Waals surface area contributed by atoms with Gasteiger partial charge in [-0.05, 0) is 18.8 Å². The van der Waals surface area contributed by atoms with Crippen LogP contribution < -0.4 is 4.72 Å². The molecular formula is C6H13NO3S. The maximum Gasteiger partial charge on any atom is 0.208 e. The van der Waals surface area contributed by atoms with Gasteiger partial charge < -0.3 is 5.11 Å². The largest absolute Gasteiger partial charge is 0.393 e. The topological polar surface area (TPSA) is 66.4 Å². The van der Waals surface area contributed by atoms with Crippen molar-refractivity contribution in [2.45, 2.75) is 18.9 Å². The number of hydrogen-bond acceptors (Lipinski definition) is 3. The highest BCUT2D eigenvalue weighted by atomic mass is 32.2. The molecule has 0 unspecified atom stereocenters. The van der Waals surface area contributed by atoms with Crippen LogP contribution in [-0.2, 0) is 10.0 Å². The van der Waals surface area contributed by atoms with Gasteiger partial charge >= 0.3 is 0 Å². The van der Waals surface area contributed by atoms with E-state index >= 15 is 0 Å². The molecule has 0 aromatic rings. The van der Waals surface area contributed by atoms with E-state index in [0.29, 0.717) is 12.5 Å². The molecule has 1 fully saturated rings. The zero-order valence-corrected chi connectivity index (χ0v) is 7.26. The summed E-state index contributed by atoms with van der Waals surface area (Å²) in [6.07, 6.45) is 2.38. The van der Waals surface area contributed by atoms with Crippen LogP contribution >= 0.6 is 0 Å². The van der Waals surface area contributed by atoms with Crippen LogP contribution in [0.15, 0.2) is 0 Å². The number of hydrogen-bond donors (Lipinski definition) is 2. The van der Waals surface area contributed by atoms with Crippen molar-refractivity contribution in [1.82, 2.24) is 4.72 Å². The predicted molar refractivity (Wildman–Crippen MR) is 41.6 cm³/mol. The van der Waals surface area contributed by atoms with E-state index in [0.717, 1.165) is 19.1 Å². The van der Waals surface area contributed by atoms with Crippen LogP contribution in [0.25, 0.3) is 0 Å². The number of rotatable bonds is 3. The van der Waals surface area contributed by atoms with Crippen molar-refractivity contribution in [3.63, 3.8) is 0 Å². The zero-order chi connectivity index (χ0) is 8.48. The second kappa shape index (κ2) is 3.08. The molecule has 0 aliphatic heterocycles. The van der Waals surface area contributed by atoms with Crippen molar-refractivity contribution in [2.24, 2.45) is 5.92 Å². The Kier molecular flexibility index (Phi) is 2.51. The summed E-state index contributed by atoms with van der Waals surface area (Å²) in [5.74, 6) is 0.333. The van der Waals surface area contributed by atoms with Gasteiger partial charge in [-0.2, -0.15) is 0 Å². The van der Waals surface area contributed by atoms with Gasteiger partial charge in [0.25, 0.3) is 0 Å². The Labute approximate surface area is 66.7 Å². The fourth-order valence-electron chi connectivity index (χ4n) is 1.14. The molecule has 1 aliphatic carbocycles. The van der Waals surface area contributed by atoms with Crippen LogP contribution in [0.3, 0.4) is 0 Å². The molecule has 1 saturated carbocycles. The molecule has 4 nitrogen and oxygen atoms in total. The first-order valence-corrected chi connectivity index (χ1v) is 5.49. The third kappa shape index (κ3) is 3.18. The molecule has 0 radical (unpaired) electrons. The second-order valence-electron chi connectivity index (χ2n) is 3.11. The van der Waals surface area contributed by atoms with Crippen molar-refractivity contribution in [3.8, 4) is 0 Å². The molecule has 2 N–H and O–H groups in total. The van der Waals surface area contributed by atoms with Gasteiger partial charge in [0.05, 0.1) is 12.4 Å². The van der Waals surface area contributed by atoms with Crippen LogP contribution in [0.5, 0.6) is 0 Å². The first-order valence-electron chi connectivity index (χ1n) is 3.60. The summed E-state index contributed by atoms with van der Waals surface area (Å²) in [6, 6.07) is 0. The first kappa shape index (κ1) is 8.96. The van der Waals surface area contributed by atoms with E-state index < -0.39 is 10.0 Å². The summed E-state index contributed by atoms with van der Waals surface area (Å²) in [6.45, 7) is 0.468. The summed E-state index contributed by atoms with van der Waals surface area (Å²) >= 11 is 0. The highest BCUT2D eigenvalue weighted by Crippen LogP contribution is 2.26. The van der Waals surface area contributed by atoms with Gasteiger partial charge in [0.2, 0.25) is 10.0 Å². The van der Waals surface area contributed by atoms with Crippen molar-refractivity contribution in [1.29, 1.82) is 0 Å². The van der Waals surface area contributed by atoms with Gasteiger partial charge in [0.15, 0.2) is 0 Å². The van der Waals surface area contributed by atoms with Gasteiger partial charge in [-0.3, -0.25) is 0 Å². The minimum Gasteiger partial charge on any atom is -0.393 e. The van der Waals surface area contributed by atoms with Crippen molar-refractivity contribution >= 4 is 10.0 Å². The molecule has 0 amide bonds. The lowest BCUT2D eigenvalue weighted by molar-refractivity contribution is 0.0453. The lowest BCUT2D eigenvalue weighted by atomic mass is 9.83. The molecule has 66 valence electrons. The Balaban J connectivity index is 2.15. The van der Waals surface area contributed by atoms with Gasteiger partial charge in [-0.1, -0.05) is 0 Å². The van der Waals surface area contributed by atoms with Crippen LogP contribution in [0, 0.1) is 5.92 Å². The van der Waals surface area contributed by atoms with Crippen LogP contribution in [0.4, 0.5) is 0 Å². The molecule has 0 atom stereocenters. The smallest absolute Gasteiger partial charge is 0.208 e. The Bertz CT molecular complexity index is 218. The molecule has 0 bridgehead atoms. The third-order valence-electron chi connectivity index (χ3n) is 1.85. The molecule has 0 saturated heterocycles. The monoisotopic (exact) mass is 179 g/mol. The molecule has 5 heteroatoms. The fraction of sp³-hybridized carbons (Fsp3) is 1.00. The third-order valence-corrected chi connectivity index (χ3v) is 2.54. The van der Waals surface area contributed by atoms with E-state index in [4.69, 9.17) is 5.11 Å². The lowest BCUT2D eigenvalue weighted by Crippen LogP contribution is -2.37. The molecule has 1 aliphatic rings. The summed E-state index contributed by atoms with van der Waals surface area (Å²) < 4.78 is 23.6. The van der Waals surface area contributed by atoms with Crippen molar-refractivity contribution < 1.29 is 13.5 Å². The highest BCUT2D eigenvalue weighted by Gasteiger charge is 2.27. The molecule has 11 heavy (non-hydrogen) atoms. The van der Waals surface area contributed by atoms with Crippen LogP contribution in [0.1, 0.15) is 12.8 Å². The maximum absolute atomic E-state index is 10.6. The van der Waals surface area contributed by atoms with Gasteiger partial charge in [0.1, 0.15) is 0 Å². The van der Waals surface area contributed by atoms with E-state index in [9.17, 15) is 8.42 Å². The van der Waals surface area contributed by atoms with Gasteiger partial charge in [-0.25, -0.2) is 13.1 Å². The lowest BCUT2D eigenvalue weighted by Gasteiger charge is -2.30. The summed E-state index contributed by atoms with van der Waals surface area (Å²) in [4.78, 5) is 0. The van der Waals surface area contributed by atoms with E-state index in [1.54, 1.807) is 0 Å². The number of sulfonamides is 1. The standard InChI is InChI=1S/C6H13NO3S/c1-11(9,10)7-4-5-2-6(8)3-5/h5-8H,2-4H2,1H3. The normalized spacial score (nSPS) is 31.5. The van der Waals surface area contributed by atoms with Gasteiger partial charge in [0, 0.05) is 6.54 Å². The molecule has 0 heterocycles. The Morgan fingerprint density at radius 1 is 1.55 bits per heavy atom. The Morgan fingerprint density at radius 2 is 2.09 bits per heavy atom. The minimum absolute atomic E-state index is 0.207. The number of aliphatic hydroxyl groups is 1. The summed E-state index contributed by atoms with van der Waals surface area (Å²) in [5, 5.41) is 8.87. The number of nitrogens with one attached hydrogen (secondary N) is 1. The SMILES string of the molecule is CS(=O)(=O)NCC1CC(O)C1. The summed E-state index contributed by atoms with van der Waals surface area (Å²) in [5.41, 5.74) is 0. The van der Waals surface area contributed by atoms with Crippen LogP contribution in [0.2, 0.25) is 0 Å². The molecule has 0 aromatic carbocycles. The zero-order valence-electron chi connectivity index (χ0n) is 6.45. The average molecular weight is 179 g/mol. The van der Waals surface area contributed by atoms with Crippen molar-refractivity contribution in [3.05, 3.63) is 0 Å². The van der Waals surface area contributed by atoms with E-state index in [1.807, 2.05) is 0 Å². The van der Waals surface area contributed by atoms with E-state index in [1.165, 1.54) is 0 Å². The molecular weight excluding hydrogens is 166 g/mol. The molecule has 0 aromatic heterocycles. The average Bonchev–Trinajstić information content (AvgIpc) is 1.75. The predicted octanol–water partition coefficient (Wildman–Crippen LogP) is -0.694. The quantitative estimate of drug-likeness (QED) is 0.602. The summed E-state index contributed by atoms with van der Waals surface area (Å²) in [7, 11) is -3.04. The highest BCUT2D eigenvalue weighted by molar-refractivity contribution is 7.88. The first-order chi connectivity index (χ1) is 4.97. The maximum atomic E-state index is 10.6. The fourth-order valence-corrected chi connectivity index (χ4v) is 1.67. The van der Waals surface area contributed by atoms with Crippen LogP contribution in [-0.4, -0.2) is 32.4 Å². The molecule has 0 spiro atoms. The molecule has 1 rings (SSSR count). The number of aliphatic hydroxyl groups excluding tert-OH is 1. The second-order valence-corrected chi connectivity index (χ2v) is 4.94. The van der Waals surface area contributed by atoms with Crippen molar-refractivity contribution in [2.75, 3.05) is 12.8 Å². The Morgan fingerprint density at radius 3 is 2.45 bits per heavy atom. The van der Waals surface area contributed by atoms with E-state index in [2.05, 4.69) is 4.72 Å². The minimum atomic E-state index is -3.04. The Hall–Kier alpha value is -0.130.